The summed E-state index contributed by atoms with van der Waals surface area (Å²) in [6, 6.07) is 15.6. The number of aliphatic carboxylic acids is 1. The molecule has 1 fully saturated rings. The first kappa shape index (κ1) is 26.5. The van der Waals surface area contributed by atoms with Crippen LogP contribution < -0.4 is 4.31 Å². The van der Waals surface area contributed by atoms with Crippen LogP contribution >= 0.6 is 0 Å². The van der Waals surface area contributed by atoms with E-state index in [0.717, 1.165) is 9.87 Å². The summed E-state index contributed by atoms with van der Waals surface area (Å²) in [4.78, 5) is 40.1. The average molecular weight is 530 g/mol. The lowest BCUT2D eigenvalue weighted by Crippen LogP contribution is -2.50. The molecule has 1 N–H and O–H groups in total. The molecule has 2 aliphatic heterocycles. The first-order valence-electron chi connectivity index (χ1n) is 12.2. The van der Waals surface area contributed by atoms with Crippen molar-refractivity contribution < 1.29 is 32.6 Å². The Morgan fingerprint density at radius 2 is 1.68 bits per heavy atom. The van der Waals surface area contributed by atoms with Gasteiger partial charge in [0.2, 0.25) is 0 Å². The predicted octanol–water partition coefficient (Wildman–Crippen LogP) is 3.18. The van der Waals surface area contributed by atoms with E-state index >= 15 is 0 Å². The molecule has 10 nitrogen and oxygen atoms in total. The number of carbonyl (C=O) groups excluding carboxylic acids is 2. The van der Waals surface area contributed by atoms with Crippen molar-refractivity contribution in [1.82, 2.24) is 9.80 Å². The summed E-state index contributed by atoms with van der Waals surface area (Å²) in [6.07, 6.45) is 1.35. The Labute approximate surface area is 216 Å². The van der Waals surface area contributed by atoms with Crippen molar-refractivity contribution in [2.75, 3.05) is 37.5 Å². The van der Waals surface area contributed by atoms with Crippen LogP contribution in [0.15, 0.2) is 54.6 Å². The lowest BCUT2D eigenvalue weighted by Gasteiger charge is -2.38. The number of sulfonamides is 1. The number of hydrogen-bond acceptors (Lipinski definition) is 6. The van der Waals surface area contributed by atoms with Crippen LogP contribution in [-0.2, 0) is 32.6 Å². The number of benzene rings is 2. The number of amides is 2. The van der Waals surface area contributed by atoms with Gasteiger partial charge in [-0.2, -0.15) is 8.42 Å². The highest BCUT2D eigenvalue weighted by Crippen LogP contribution is 2.33. The Morgan fingerprint density at radius 3 is 2.35 bits per heavy atom. The highest BCUT2D eigenvalue weighted by molar-refractivity contribution is 8.06. The molecular formula is C26H31N3O7S. The number of carboxylic acids is 1. The highest BCUT2D eigenvalue weighted by atomic mass is 32.2. The standard InChI is InChI=1S/C26H31N3O7S/c1-27(25(32)28-13-11-21(12-14-28)24(30)31)16-20-15-22-9-5-6-10-23(22)29(17-20)37(34,35)26(33)36-18-19-7-3-2-4-8-19/h2-10,20-21H,11-18H2,1H3,(H,30,31)/t20-/m0/s1. The van der Waals surface area contributed by atoms with Crippen LogP contribution in [0, 0.1) is 11.8 Å². The normalized spacial score (nSPS) is 18.1. The molecular weight excluding hydrogens is 498 g/mol. The highest BCUT2D eigenvalue weighted by Gasteiger charge is 2.39. The minimum atomic E-state index is -4.47. The molecule has 198 valence electrons. The molecule has 0 aliphatic carbocycles. The summed E-state index contributed by atoms with van der Waals surface area (Å²) in [5, 5.41) is 7.87. The Balaban J connectivity index is 1.44. The lowest BCUT2D eigenvalue weighted by molar-refractivity contribution is -0.143. The first-order chi connectivity index (χ1) is 17.7. The second-order valence-corrected chi connectivity index (χ2v) is 11.2. The summed E-state index contributed by atoms with van der Waals surface area (Å²) in [7, 11) is -2.81. The van der Waals surface area contributed by atoms with Crippen LogP contribution in [0.1, 0.15) is 24.0 Å². The van der Waals surface area contributed by atoms with Gasteiger partial charge < -0.3 is 19.6 Å². The van der Waals surface area contributed by atoms with Crippen molar-refractivity contribution in [2.24, 2.45) is 11.8 Å². The van der Waals surface area contributed by atoms with Crippen molar-refractivity contribution >= 4 is 33.0 Å². The van der Waals surface area contributed by atoms with Gasteiger partial charge in [-0.3, -0.25) is 9.10 Å². The Hall–Kier alpha value is -3.60. The molecule has 2 aliphatic rings. The fourth-order valence-electron chi connectivity index (χ4n) is 4.89. The van der Waals surface area contributed by atoms with E-state index in [9.17, 15) is 27.9 Å². The van der Waals surface area contributed by atoms with E-state index < -0.39 is 27.2 Å². The van der Waals surface area contributed by atoms with Gasteiger partial charge in [0, 0.05) is 33.2 Å². The van der Waals surface area contributed by atoms with Gasteiger partial charge in [0.05, 0.1) is 11.6 Å². The Morgan fingerprint density at radius 1 is 1.03 bits per heavy atom. The number of carbonyl (C=O) groups is 3. The maximum atomic E-state index is 13.3. The molecule has 2 aromatic carbocycles. The minimum Gasteiger partial charge on any atom is -0.481 e. The van der Waals surface area contributed by atoms with Crippen molar-refractivity contribution in [1.29, 1.82) is 0 Å². The average Bonchev–Trinajstić information content (AvgIpc) is 2.91. The van der Waals surface area contributed by atoms with Crippen LogP contribution in [0.3, 0.4) is 0 Å². The number of likely N-dealkylation sites (tertiary alicyclic amines) is 1. The molecule has 0 spiro atoms. The number of hydrogen-bond donors (Lipinski definition) is 1. The van der Waals surface area contributed by atoms with E-state index in [1.807, 2.05) is 12.1 Å². The smallest absolute Gasteiger partial charge is 0.445 e. The van der Waals surface area contributed by atoms with Gasteiger partial charge in [0.25, 0.3) is 0 Å². The Bertz CT molecular complexity index is 1240. The van der Waals surface area contributed by atoms with Crippen molar-refractivity contribution in [3.63, 3.8) is 0 Å². The summed E-state index contributed by atoms with van der Waals surface area (Å²) in [5.74, 6) is -1.54. The summed E-state index contributed by atoms with van der Waals surface area (Å²) in [5.41, 5.74) is 1.87. The fourth-order valence-corrected chi connectivity index (χ4v) is 6.12. The molecule has 0 bridgehead atoms. The lowest BCUT2D eigenvalue weighted by atomic mass is 9.93. The number of carboxylic acid groups (broad SMARTS) is 1. The van der Waals surface area contributed by atoms with E-state index in [1.54, 1.807) is 54.4 Å². The second-order valence-electron chi connectivity index (χ2n) is 9.52. The van der Waals surface area contributed by atoms with Gasteiger partial charge in [0.1, 0.15) is 6.61 Å². The molecule has 2 amide bonds. The minimum absolute atomic E-state index is 0.0263. The Kier molecular flexibility index (Phi) is 8.01. The maximum absolute atomic E-state index is 13.3. The number of fused-ring (bicyclic) bond motifs is 1. The topological polar surface area (TPSA) is 125 Å². The molecule has 2 heterocycles. The van der Waals surface area contributed by atoms with E-state index in [0.29, 0.717) is 43.6 Å². The van der Waals surface area contributed by atoms with Gasteiger partial charge >= 0.3 is 27.3 Å². The SMILES string of the molecule is CN(C[C@@H]1Cc2ccccc2N(S(=O)(=O)C(=O)OCc2ccccc2)C1)C(=O)N1CCC(C(=O)O)CC1. The number of para-hydroxylation sites is 1. The predicted molar refractivity (Wildman–Crippen MR) is 136 cm³/mol. The molecule has 1 atom stereocenters. The number of ether oxygens (including phenoxy) is 1. The third kappa shape index (κ3) is 6.04. The quantitative estimate of drug-likeness (QED) is 0.570. The summed E-state index contributed by atoms with van der Waals surface area (Å²) < 4.78 is 32.8. The fraction of sp³-hybridized carbons (Fsp3) is 0.423. The molecule has 0 unspecified atom stereocenters. The number of nitrogens with zero attached hydrogens (tertiary/aromatic N) is 3. The largest absolute Gasteiger partial charge is 0.481 e. The van der Waals surface area contributed by atoms with E-state index in [1.165, 1.54) is 4.90 Å². The zero-order valence-corrected chi connectivity index (χ0v) is 21.5. The van der Waals surface area contributed by atoms with Crippen LogP contribution in [-0.4, -0.2) is 73.9 Å². The van der Waals surface area contributed by atoms with E-state index in [2.05, 4.69) is 0 Å². The zero-order valence-electron chi connectivity index (χ0n) is 20.7. The number of urea groups is 1. The third-order valence-corrected chi connectivity index (χ3v) is 8.33. The monoisotopic (exact) mass is 529 g/mol. The molecule has 1 saturated heterocycles. The van der Waals surface area contributed by atoms with Crippen molar-refractivity contribution in [3.8, 4) is 0 Å². The third-order valence-electron chi connectivity index (χ3n) is 6.87. The van der Waals surface area contributed by atoms with Gasteiger partial charge in [-0.05, 0) is 42.4 Å². The first-order valence-corrected chi connectivity index (χ1v) is 13.6. The molecule has 11 heteroatoms. The van der Waals surface area contributed by atoms with Gasteiger partial charge in [0.15, 0.2) is 0 Å². The summed E-state index contributed by atoms with van der Waals surface area (Å²) >= 11 is 0. The number of piperidine rings is 1. The van der Waals surface area contributed by atoms with Gasteiger partial charge in [-0.15, -0.1) is 0 Å². The number of anilines is 1. The van der Waals surface area contributed by atoms with Crippen molar-refractivity contribution in [2.45, 2.75) is 25.9 Å². The van der Waals surface area contributed by atoms with Gasteiger partial charge in [-0.25, -0.2) is 9.59 Å². The van der Waals surface area contributed by atoms with E-state index in [-0.39, 0.29) is 31.6 Å². The molecule has 2 aromatic rings. The molecule has 0 radical (unpaired) electrons. The summed E-state index contributed by atoms with van der Waals surface area (Å²) in [6.45, 7) is 0.867. The van der Waals surface area contributed by atoms with Gasteiger partial charge in [-0.1, -0.05) is 48.5 Å². The molecule has 37 heavy (non-hydrogen) atoms. The van der Waals surface area contributed by atoms with Crippen LogP contribution in [0.4, 0.5) is 15.3 Å². The molecule has 4 rings (SSSR count). The zero-order chi connectivity index (χ0) is 26.6. The van der Waals surface area contributed by atoms with Crippen molar-refractivity contribution in [3.05, 3.63) is 65.7 Å². The number of rotatable bonds is 6. The van der Waals surface area contributed by atoms with Crippen LogP contribution in [0.25, 0.3) is 0 Å². The maximum Gasteiger partial charge on any atom is 0.445 e. The molecule has 0 aromatic heterocycles. The van der Waals surface area contributed by atoms with Crippen LogP contribution in [0.5, 0.6) is 0 Å². The molecule has 0 saturated carbocycles. The van der Waals surface area contributed by atoms with E-state index in [4.69, 9.17) is 4.74 Å². The van der Waals surface area contributed by atoms with Crippen LogP contribution in [0.2, 0.25) is 0 Å². The second kappa shape index (κ2) is 11.2.